The number of carbonyl (C=O) groups is 2. The second-order valence-electron chi connectivity index (χ2n) is 5.54. The molecule has 3 amide bonds. The third-order valence-electron chi connectivity index (χ3n) is 3.42. The van der Waals surface area contributed by atoms with Crippen molar-refractivity contribution in [2.24, 2.45) is 0 Å². The third-order valence-corrected chi connectivity index (χ3v) is 3.42. The zero-order valence-corrected chi connectivity index (χ0v) is 13.8. The molecule has 0 bridgehead atoms. The summed E-state index contributed by atoms with van der Waals surface area (Å²) in [4.78, 5) is 23.1. The molecule has 0 heterocycles. The number of carbonyl (C=O) groups excluding carboxylic acids is 2. The van der Waals surface area contributed by atoms with Gasteiger partial charge in [-0.25, -0.2) is 9.18 Å². The Morgan fingerprint density at radius 2 is 1.84 bits per heavy atom. The summed E-state index contributed by atoms with van der Waals surface area (Å²) >= 11 is 0. The van der Waals surface area contributed by atoms with Crippen LogP contribution in [0, 0.1) is 5.82 Å². The summed E-state index contributed by atoms with van der Waals surface area (Å²) in [5, 5.41) is 17.0. The highest BCUT2D eigenvalue weighted by Crippen LogP contribution is 2.19. The Labute approximate surface area is 145 Å². The van der Waals surface area contributed by atoms with Gasteiger partial charge in [-0.05, 0) is 30.2 Å². The van der Waals surface area contributed by atoms with Gasteiger partial charge in [0.25, 0.3) is 0 Å². The van der Waals surface area contributed by atoms with Gasteiger partial charge < -0.3 is 21.1 Å². The molecular formula is C18H20FN3O3. The van der Waals surface area contributed by atoms with Crippen molar-refractivity contribution in [3.05, 3.63) is 59.9 Å². The van der Waals surface area contributed by atoms with Crippen LogP contribution < -0.4 is 16.0 Å². The van der Waals surface area contributed by atoms with E-state index in [4.69, 9.17) is 0 Å². The van der Waals surface area contributed by atoms with Crippen LogP contribution in [0.15, 0.2) is 48.5 Å². The van der Waals surface area contributed by atoms with Crippen molar-refractivity contribution in [3.8, 4) is 0 Å². The summed E-state index contributed by atoms with van der Waals surface area (Å²) in [6.45, 7) is 1.05. The largest absolute Gasteiger partial charge is 0.394 e. The SMILES string of the molecule is CC(=O)Nc1cc(NC(=O)NC(CO)Cc2ccccc2)ccc1F. The monoisotopic (exact) mass is 345 g/mol. The third kappa shape index (κ3) is 5.89. The summed E-state index contributed by atoms with van der Waals surface area (Å²) in [6, 6.07) is 12.3. The Hall–Kier alpha value is -2.93. The first kappa shape index (κ1) is 18.4. The number of anilines is 2. The molecule has 0 aliphatic carbocycles. The van der Waals surface area contributed by atoms with Gasteiger partial charge in [-0.15, -0.1) is 0 Å². The summed E-state index contributed by atoms with van der Waals surface area (Å²) < 4.78 is 13.6. The first-order valence-electron chi connectivity index (χ1n) is 7.77. The lowest BCUT2D eigenvalue weighted by Gasteiger charge is -2.17. The molecule has 1 atom stereocenters. The van der Waals surface area contributed by atoms with E-state index in [0.717, 1.165) is 11.6 Å². The second kappa shape index (κ2) is 8.79. The topological polar surface area (TPSA) is 90.5 Å². The number of aliphatic hydroxyl groups excluding tert-OH is 1. The van der Waals surface area contributed by atoms with E-state index >= 15 is 0 Å². The van der Waals surface area contributed by atoms with Crippen LogP contribution in [0.5, 0.6) is 0 Å². The van der Waals surface area contributed by atoms with Crippen molar-refractivity contribution >= 4 is 23.3 Å². The first-order chi connectivity index (χ1) is 12.0. The van der Waals surface area contributed by atoms with Gasteiger partial charge in [0.05, 0.1) is 18.3 Å². The molecule has 0 saturated carbocycles. The lowest BCUT2D eigenvalue weighted by atomic mass is 10.1. The smallest absolute Gasteiger partial charge is 0.319 e. The fourth-order valence-electron chi connectivity index (χ4n) is 2.30. The van der Waals surface area contributed by atoms with Crippen molar-refractivity contribution in [2.75, 3.05) is 17.2 Å². The lowest BCUT2D eigenvalue weighted by Crippen LogP contribution is -2.41. The molecular weight excluding hydrogens is 325 g/mol. The summed E-state index contributed by atoms with van der Waals surface area (Å²) in [7, 11) is 0. The Kier molecular flexibility index (Phi) is 6.47. The lowest BCUT2D eigenvalue weighted by molar-refractivity contribution is -0.114. The van der Waals surface area contributed by atoms with E-state index in [-0.39, 0.29) is 12.3 Å². The molecule has 2 aromatic carbocycles. The maximum Gasteiger partial charge on any atom is 0.319 e. The average molecular weight is 345 g/mol. The molecule has 0 radical (unpaired) electrons. The molecule has 0 aliphatic heterocycles. The van der Waals surface area contributed by atoms with E-state index in [2.05, 4.69) is 16.0 Å². The molecule has 7 heteroatoms. The number of hydrogen-bond acceptors (Lipinski definition) is 3. The Morgan fingerprint density at radius 3 is 2.48 bits per heavy atom. The van der Waals surface area contributed by atoms with Crippen molar-refractivity contribution in [2.45, 2.75) is 19.4 Å². The fraction of sp³-hybridized carbons (Fsp3) is 0.222. The molecule has 0 aliphatic rings. The van der Waals surface area contributed by atoms with E-state index in [1.165, 1.54) is 19.1 Å². The number of urea groups is 1. The van der Waals surface area contributed by atoms with E-state index in [9.17, 15) is 19.1 Å². The van der Waals surface area contributed by atoms with Crippen molar-refractivity contribution < 1.29 is 19.1 Å². The van der Waals surface area contributed by atoms with Crippen molar-refractivity contribution in [1.82, 2.24) is 5.32 Å². The standard InChI is InChI=1S/C18H20FN3O3/c1-12(24)20-17-10-14(7-8-16(17)19)21-18(25)22-15(11-23)9-13-5-3-2-4-6-13/h2-8,10,15,23H,9,11H2,1H3,(H,20,24)(H2,21,22,25). The molecule has 0 aromatic heterocycles. The Bertz CT molecular complexity index is 738. The number of rotatable bonds is 6. The first-order valence-corrected chi connectivity index (χ1v) is 7.77. The van der Waals surface area contributed by atoms with Gasteiger partial charge in [0, 0.05) is 12.6 Å². The minimum absolute atomic E-state index is 0.0201. The highest BCUT2D eigenvalue weighted by Gasteiger charge is 2.13. The molecule has 132 valence electrons. The van der Waals surface area contributed by atoms with E-state index in [0.29, 0.717) is 12.1 Å². The Balaban J connectivity index is 1.97. The molecule has 1 unspecified atom stereocenters. The summed E-state index contributed by atoms with van der Waals surface area (Å²) in [5.74, 6) is -1.01. The van der Waals surface area contributed by atoms with Crippen molar-refractivity contribution in [1.29, 1.82) is 0 Å². The molecule has 4 N–H and O–H groups in total. The zero-order chi connectivity index (χ0) is 18.2. The molecule has 2 aromatic rings. The highest BCUT2D eigenvalue weighted by molar-refractivity contribution is 5.92. The second-order valence-corrected chi connectivity index (χ2v) is 5.54. The number of nitrogens with one attached hydrogen (secondary N) is 3. The highest BCUT2D eigenvalue weighted by atomic mass is 19.1. The van der Waals surface area contributed by atoms with Crippen LogP contribution in [-0.4, -0.2) is 29.7 Å². The molecule has 25 heavy (non-hydrogen) atoms. The number of amides is 3. The molecule has 2 rings (SSSR count). The number of hydrogen-bond donors (Lipinski definition) is 4. The fourth-order valence-corrected chi connectivity index (χ4v) is 2.30. The van der Waals surface area contributed by atoms with Gasteiger partial charge >= 0.3 is 6.03 Å². The maximum absolute atomic E-state index is 13.6. The molecule has 6 nitrogen and oxygen atoms in total. The quantitative estimate of drug-likeness (QED) is 0.648. The zero-order valence-electron chi connectivity index (χ0n) is 13.8. The van der Waals surface area contributed by atoms with E-state index in [1.54, 1.807) is 0 Å². The normalized spacial score (nSPS) is 11.5. The maximum atomic E-state index is 13.6. The van der Waals surface area contributed by atoms with Gasteiger partial charge in [0.2, 0.25) is 5.91 Å². The van der Waals surface area contributed by atoms with Crippen LogP contribution in [0.1, 0.15) is 12.5 Å². The van der Waals surface area contributed by atoms with Gasteiger partial charge in [0.1, 0.15) is 5.82 Å². The van der Waals surface area contributed by atoms with Gasteiger partial charge in [-0.3, -0.25) is 4.79 Å². The minimum atomic E-state index is -0.599. The predicted octanol–water partition coefficient (Wildman–Crippen LogP) is 2.51. The molecule has 0 fully saturated rings. The molecule has 0 spiro atoms. The summed E-state index contributed by atoms with van der Waals surface area (Å²) in [5.41, 5.74) is 1.28. The number of benzene rings is 2. The van der Waals surface area contributed by atoms with Crippen LogP contribution in [0.25, 0.3) is 0 Å². The van der Waals surface area contributed by atoms with Crippen LogP contribution in [0.2, 0.25) is 0 Å². The van der Waals surface area contributed by atoms with Gasteiger partial charge in [-0.2, -0.15) is 0 Å². The minimum Gasteiger partial charge on any atom is -0.394 e. The van der Waals surface area contributed by atoms with Crippen LogP contribution in [-0.2, 0) is 11.2 Å². The van der Waals surface area contributed by atoms with E-state index < -0.39 is 23.8 Å². The Morgan fingerprint density at radius 1 is 1.12 bits per heavy atom. The average Bonchev–Trinajstić information content (AvgIpc) is 2.57. The number of halogens is 1. The number of aliphatic hydroxyl groups is 1. The van der Waals surface area contributed by atoms with Crippen molar-refractivity contribution in [3.63, 3.8) is 0 Å². The van der Waals surface area contributed by atoms with Crippen LogP contribution in [0.3, 0.4) is 0 Å². The van der Waals surface area contributed by atoms with Crippen LogP contribution in [0.4, 0.5) is 20.6 Å². The van der Waals surface area contributed by atoms with E-state index in [1.807, 2.05) is 30.3 Å². The van der Waals surface area contributed by atoms with Gasteiger partial charge in [0.15, 0.2) is 0 Å². The van der Waals surface area contributed by atoms with Crippen LogP contribution >= 0.6 is 0 Å². The summed E-state index contributed by atoms with van der Waals surface area (Å²) in [6.07, 6.45) is 0.477. The molecule has 0 saturated heterocycles. The predicted molar refractivity (Wildman–Crippen MR) is 93.9 cm³/mol. The van der Waals surface area contributed by atoms with Gasteiger partial charge in [-0.1, -0.05) is 30.3 Å².